The van der Waals surface area contributed by atoms with Gasteiger partial charge in [-0.25, -0.2) is 15.8 Å². The number of hydrogen-bond acceptors (Lipinski definition) is 3. The molecule has 4 amide bonds. The van der Waals surface area contributed by atoms with Crippen molar-refractivity contribution in [2.75, 3.05) is 0 Å². The molecule has 0 aromatic carbocycles. The highest BCUT2D eigenvalue weighted by Gasteiger charge is 2.40. The Labute approximate surface area is 110 Å². The molecule has 68 valence electrons. The number of hydrogen-bond donors (Lipinski definition) is 1. The van der Waals surface area contributed by atoms with Crippen molar-refractivity contribution in [3.05, 3.63) is 0 Å². The summed E-state index contributed by atoms with van der Waals surface area (Å²) in [6, 6.07) is -1.08. The molecule has 0 aromatic rings. The first-order chi connectivity index (χ1) is 5.46. The molecular formula is C3H2I3N3O3. The quantitative estimate of drug-likeness (QED) is 0.398. The average Bonchev–Trinajstić information content (AvgIpc) is 2.08. The fourth-order valence-electron chi connectivity index (χ4n) is 0.536. The topological polar surface area (TPSA) is 64.1 Å². The maximum Gasteiger partial charge on any atom is 0.349 e. The Morgan fingerprint density at radius 3 is 1.75 bits per heavy atom. The van der Waals surface area contributed by atoms with Gasteiger partial charge in [-0.3, -0.25) is 0 Å². The predicted molar refractivity (Wildman–Crippen MR) is 64.4 cm³/mol. The molecule has 0 bridgehead atoms. The van der Waals surface area contributed by atoms with Crippen molar-refractivity contribution >= 4 is 80.7 Å². The molecule has 0 aromatic heterocycles. The van der Waals surface area contributed by atoms with E-state index < -0.39 is 18.4 Å². The number of amides is 4. The van der Waals surface area contributed by atoms with E-state index in [1.807, 2.05) is 0 Å². The number of halogens is 3. The first-order valence-electron chi connectivity index (χ1n) is 2.58. The summed E-state index contributed by atoms with van der Waals surface area (Å²) >= 11 is 4.86. The van der Waals surface area contributed by atoms with Gasteiger partial charge in [0.1, 0.15) is 0 Å². The Hall–Kier alpha value is 0.890. The zero-order chi connectivity index (χ0) is 9.46. The summed E-state index contributed by atoms with van der Waals surface area (Å²) < 4.78 is 2.94. The first kappa shape index (κ1) is 11.0. The third kappa shape index (κ3) is 1.72. The lowest BCUT2D eigenvalue weighted by atomic mass is 10.7. The number of aliphatic hydroxyl groups is 1. The third-order valence-corrected chi connectivity index (χ3v) is 3.75. The molecule has 1 heterocycles. The van der Waals surface area contributed by atoms with Crippen LogP contribution in [0.5, 0.6) is 0 Å². The second-order valence-corrected chi connectivity index (χ2v) is 4.86. The summed E-state index contributed by atoms with van der Waals surface area (Å²) in [7, 11) is 0. The second-order valence-electron chi connectivity index (χ2n) is 1.81. The van der Waals surface area contributed by atoms with Crippen molar-refractivity contribution in [2.45, 2.75) is 6.35 Å². The van der Waals surface area contributed by atoms with Gasteiger partial charge >= 0.3 is 12.1 Å². The van der Waals surface area contributed by atoms with E-state index in [9.17, 15) is 14.7 Å². The van der Waals surface area contributed by atoms with E-state index in [0.717, 1.165) is 9.34 Å². The molecule has 1 aliphatic heterocycles. The van der Waals surface area contributed by atoms with Gasteiger partial charge in [0.05, 0.1) is 68.6 Å². The molecular weight excluding hydrogens is 507 g/mol. The molecule has 9 heteroatoms. The molecule has 0 unspecified atom stereocenters. The van der Waals surface area contributed by atoms with Crippen LogP contribution in [0.15, 0.2) is 0 Å². The first-order valence-corrected chi connectivity index (χ1v) is 5.48. The van der Waals surface area contributed by atoms with Crippen molar-refractivity contribution < 1.29 is 14.7 Å². The van der Waals surface area contributed by atoms with Crippen LogP contribution in [0.4, 0.5) is 9.59 Å². The lowest BCUT2D eigenvalue weighted by Crippen LogP contribution is -2.56. The van der Waals surface area contributed by atoms with Crippen molar-refractivity contribution in [1.82, 2.24) is 9.34 Å². The average molecular weight is 509 g/mol. The summed E-state index contributed by atoms with van der Waals surface area (Å²) in [6.45, 7) is 0. The van der Waals surface area contributed by atoms with Gasteiger partial charge in [0.25, 0.3) is 0 Å². The summed E-state index contributed by atoms with van der Waals surface area (Å²) in [5, 5.41) is 9.27. The van der Waals surface area contributed by atoms with Gasteiger partial charge in [-0.1, -0.05) is 0 Å². The van der Waals surface area contributed by atoms with E-state index in [-0.39, 0.29) is 0 Å². The Morgan fingerprint density at radius 2 is 1.42 bits per heavy atom. The standard InChI is InChI=1S/C3H2I3N3O3/c4-7-1(10)8(5)3(12)9(6)2(7)11/h1,10H. The molecule has 1 rings (SSSR count). The van der Waals surface area contributed by atoms with Gasteiger partial charge in [-0.15, -0.1) is 0 Å². The second kappa shape index (κ2) is 3.95. The van der Waals surface area contributed by atoms with E-state index in [0.29, 0.717) is 0 Å². The lowest BCUT2D eigenvalue weighted by Gasteiger charge is -2.35. The van der Waals surface area contributed by atoms with Crippen LogP contribution in [0.2, 0.25) is 0 Å². The summed E-state index contributed by atoms with van der Waals surface area (Å²) in [5.41, 5.74) is 0. The molecule has 6 nitrogen and oxygen atoms in total. The van der Waals surface area contributed by atoms with E-state index in [4.69, 9.17) is 0 Å². The van der Waals surface area contributed by atoms with Gasteiger partial charge < -0.3 is 5.11 Å². The normalized spacial score (nSPS) is 20.8. The Kier molecular flexibility index (Phi) is 3.61. The van der Waals surface area contributed by atoms with E-state index in [2.05, 4.69) is 0 Å². The predicted octanol–water partition coefficient (Wildman–Crippen LogP) is 1.47. The molecule has 1 N–H and O–H groups in total. The number of urea groups is 2. The van der Waals surface area contributed by atoms with Crippen molar-refractivity contribution in [3.8, 4) is 0 Å². The molecule has 1 saturated heterocycles. The van der Waals surface area contributed by atoms with Crippen LogP contribution in [0.25, 0.3) is 0 Å². The fourth-order valence-corrected chi connectivity index (χ4v) is 3.23. The molecule has 1 aliphatic rings. The van der Waals surface area contributed by atoms with Gasteiger partial charge in [0.2, 0.25) is 6.35 Å². The van der Waals surface area contributed by atoms with Crippen LogP contribution in [-0.2, 0) is 0 Å². The van der Waals surface area contributed by atoms with Crippen molar-refractivity contribution in [2.24, 2.45) is 0 Å². The number of nitrogens with zero attached hydrogens (tertiary/aromatic N) is 3. The Balaban J connectivity index is 2.91. The number of rotatable bonds is 0. The molecule has 0 atom stereocenters. The van der Waals surface area contributed by atoms with Crippen LogP contribution in [0, 0.1) is 0 Å². The maximum atomic E-state index is 11.1. The van der Waals surface area contributed by atoms with Gasteiger partial charge in [-0.05, 0) is 0 Å². The highest BCUT2D eigenvalue weighted by atomic mass is 127. The van der Waals surface area contributed by atoms with Gasteiger partial charge in [0.15, 0.2) is 0 Å². The summed E-state index contributed by atoms with van der Waals surface area (Å²) in [5.74, 6) is 0. The van der Waals surface area contributed by atoms with Gasteiger partial charge in [0, 0.05) is 0 Å². The number of aliphatic hydroxyl groups excluding tert-OH is 1. The molecule has 0 saturated carbocycles. The minimum absolute atomic E-state index is 0.540. The van der Waals surface area contributed by atoms with E-state index in [1.54, 1.807) is 68.6 Å². The molecule has 12 heavy (non-hydrogen) atoms. The summed E-state index contributed by atoms with van der Waals surface area (Å²) in [4.78, 5) is 22.2. The SMILES string of the molecule is O=C1N(I)C(=O)N(I)C(O)N1I. The zero-order valence-corrected chi connectivity index (χ0v) is 11.8. The lowest BCUT2D eigenvalue weighted by molar-refractivity contribution is 0.0177. The third-order valence-electron chi connectivity index (χ3n) is 1.11. The van der Waals surface area contributed by atoms with Crippen LogP contribution in [0.1, 0.15) is 0 Å². The van der Waals surface area contributed by atoms with Gasteiger partial charge in [-0.2, -0.15) is 3.11 Å². The summed E-state index contributed by atoms with van der Waals surface area (Å²) in [6.07, 6.45) is -1.20. The molecule has 1 fully saturated rings. The Bertz CT molecular complexity index is 214. The van der Waals surface area contributed by atoms with E-state index in [1.165, 1.54) is 0 Å². The highest BCUT2D eigenvalue weighted by molar-refractivity contribution is 14.1. The maximum absolute atomic E-state index is 11.1. The minimum Gasteiger partial charge on any atom is -0.355 e. The van der Waals surface area contributed by atoms with Crippen LogP contribution in [0.3, 0.4) is 0 Å². The monoisotopic (exact) mass is 509 g/mol. The number of carbonyl (C=O) groups is 2. The van der Waals surface area contributed by atoms with Crippen molar-refractivity contribution in [3.63, 3.8) is 0 Å². The zero-order valence-electron chi connectivity index (χ0n) is 5.32. The molecule has 0 aliphatic carbocycles. The molecule has 0 radical (unpaired) electrons. The van der Waals surface area contributed by atoms with Crippen LogP contribution < -0.4 is 0 Å². The number of carbonyl (C=O) groups excluding carboxylic acids is 2. The smallest absolute Gasteiger partial charge is 0.349 e. The van der Waals surface area contributed by atoms with Crippen LogP contribution in [-0.4, -0.2) is 32.9 Å². The number of imide groups is 1. The largest absolute Gasteiger partial charge is 0.355 e. The van der Waals surface area contributed by atoms with Crippen molar-refractivity contribution in [1.29, 1.82) is 0 Å². The highest BCUT2D eigenvalue weighted by Crippen LogP contribution is 2.26. The molecule has 0 spiro atoms. The minimum atomic E-state index is -1.20. The fraction of sp³-hybridized carbons (Fsp3) is 0.333. The van der Waals surface area contributed by atoms with Crippen LogP contribution >= 0.6 is 68.6 Å². The Morgan fingerprint density at radius 1 is 1.08 bits per heavy atom. The van der Waals surface area contributed by atoms with E-state index >= 15 is 0 Å².